The molecule has 0 aromatic carbocycles. The van der Waals surface area contributed by atoms with Crippen LogP contribution in [0.1, 0.15) is 20.3 Å². The number of carbonyl (C=O) groups is 1. The van der Waals surface area contributed by atoms with Crippen LogP contribution >= 0.6 is 0 Å². The van der Waals surface area contributed by atoms with E-state index in [4.69, 9.17) is 9.84 Å². The number of aliphatic hydroxyl groups excluding tert-OH is 1. The molecule has 2 N–H and O–H groups in total. The lowest BCUT2D eigenvalue weighted by Crippen LogP contribution is -2.50. The average Bonchev–Trinajstić information content (AvgIpc) is 2.29. The molecule has 1 aliphatic heterocycles. The van der Waals surface area contributed by atoms with Crippen LogP contribution in [-0.2, 0) is 4.74 Å². The molecule has 1 rings (SSSR count). The molecule has 0 radical (unpaired) electrons. The van der Waals surface area contributed by atoms with E-state index in [1.165, 1.54) is 0 Å². The topological polar surface area (TPSA) is 61.8 Å². The highest BCUT2D eigenvalue weighted by atomic mass is 16.5. The Hall–Kier alpha value is -0.810. The highest BCUT2D eigenvalue weighted by Gasteiger charge is 2.21. The van der Waals surface area contributed by atoms with Gasteiger partial charge in [-0.1, -0.05) is 13.8 Å². The van der Waals surface area contributed by atoms with Gasteiger partial charge in [0.1, 0.15) is 0 Å². The van der Waals surface area contributed by atoms with Gasteiger partial charge in [-0.25, -0.2) is 4.79 Å². The van der Waals surface area contributed by atoms with E-state index in [1.54, 1.807) is 4.90 Å². The number of urea groups is 1. The molecule has 1 aliphatic rings. The molecule has 0 aliphatic carbocycles. The fourth-order valence-electron chi connectivity index (χ4n) is 1.73. The van der Waals surface area contributed by atoms with Crippen molar-refractivity contribution in [3.8, 4) is 0 Å². The van der Waals surface area contributed by atoms with E-state index >= 15 is 0 Å². The monoisotopic (exact) mass is 230 g/mol. The van der Waals surface area contributed by atoms with Crippen molar-refractivity contribution in [2.45, 2.75) is 26.3 Å². The minimum Gasteiger partial charge on any atom is -0.396 e. The van der Waals surface area contributed by atoms with Gasteiger partial charge in [0.15, 0.2) is 0 Å². The van der Waals surface area contributed by atoms with Crippen molar-refractivity contribution < 1.29 is 14.6 Å². The van der Waals surface area contributed by atoms with Crippen molar-refractivity contribution >= 4 is 6.03 Å². The quantitative estimate of drug-likeness (QED) is 0.736. The van der Waals surface area contributed by atoms with E-state index in [9.17, 15) is 4.79 Å². The van der Waals surface area contributed by atoms with Gasteiger partial charge in [-0.05, 0) is 12.3 Å². The minimum atomic E-state index is -0.0459. The maximum atomic E-state index is 11.9. The van der Waals surface area contributed by atoms with Crippen LogP contribution in [0.15, 0.2) is 0 Å². The zero-order chi connectivity index (χ0) is 12.0. The number of nitrogens with one attached hydrogen (secondary N) is 1. The molecule has 5 heteroatoms. The maximum Gasteiger partial charge on any atom is 0.317 e. The Morgan fingerprint density at radius 1 is 1.44 bits per heavy atom. The Morgan fingerprint density at radius 2 is 2.06 bits per heavy atom. The molecule has 1 heterocycles. The smallest absolute Gasteiger partial charge is 0.317 e. The number of aliphatic hydroxyl groups is 1. The van der Waals surface area contributed by atoms with Crippen LogP contribution in [0.2, 0.25) is 0 Å². The largest absolute Gasteiger partial charge is 0.396 e. The van der Waals surface area contributed by atoms with Gasteiger partial charge in [-0.15, -0.1) is 0 Å². The summed E-state index contributed by atoms with van der Waals surface area (Å²) in [5, 5.41) is 11.9. The van der Waals surface area contributed by atoms with Crippen molar-refractivity contribution in [1.82, 2.24) is 10.2 Å². The Kier molecular flexibility index (Phi) is 5.55. The number of nitrogens with zero attached hydrogens (tertiary/aromatic N) is 1. The van der Waals surface area contributed by atoms with Crippen molar-refractivity contribution in [1.29, 1.82) is 0 Å². The van der Waals surface area contributed by atoms with Gasteiger partial charge in [-0.2, -0.15) is 0 Å². The predicted octanol–water partition coefficient (Wildman–Crippen LogP) is 0.435. The predicted molar refractivity (Wildman–Crippen MR) is 61.3 cm³/mol. The summed E-state index contributed by atoms with van der Waals surface area (Å²) in [5.74, 6) is 0.331. The lowest BCUT2D eigenvalue weighted by Gasteiger charge is -2.30. The van der Waals surface area contributed by atoms with Crippen LogP contribution in [0.4, 0.5) is 4.79 Å². The Labute approximate surface area is 96.8 Å². The molecule has 0 saturated carbocycles. The molecular formula is C11H22N2O3. The van der Waals surface area contributed by atoms with Crippen LogP contribution in [0.5, 0.6) is 0 Å². The fourth-order valence-corrected chi connectivity index (χ4v) is 1.73. The molecule has 0 spiro atoms. The first-order valence-corrected chi connectivity index (χ1v) is 5.89. The van der Waals surface area contributed by atoms with Gasteiger partial charge < -0.3 is 20.1 Å². The van der Waals surface area contributed by atoms with Gasteiger partial charge in [-0.3, -0.25) is 0 Å². The van der Waals surface area contributed by atoms with E-state index < -0.39 is 0 Å². The summed E-state index contributed by atoms with van der Waals surface area (Å²) in [6.45, 7) is 6.71. The first-order valence-electron chi connectivity index (χ1n) is 5.89. The van der Waals surface area contributed by atoms with E-state index in [1.807, 2.05) is 13.8 Å². The lowest BCUT2D eigenvalue weighted by molar-refractivity contribution is 0.0517. The van der Waals surface area contributed by atoms with Crippen LogP contribution < -0.4 is 5.32 Å². The Balaban J connectivity index is 2.40. The lowest BCUT2D eigenvalue weighted by atomic mass is 10.0. The standard InChI is InChI=1S/C11H22N2O3/c1-9(2)10(3-6-14)12-11(15)13-4-7-16-8-5-13/h9-10,14H,3-8H2,1-2H3,(H,12,15). The summed E-state index contributed by atoms with van der Waals surface area (Å²) in [4.78, 5) is 13.6. The second-order valence-electron chi connectivity index (χ2n) is 4.41. The first kappa shape index (κ1) is 13.3. The molecule has 0 bridgehead atoms. The molecule has 1 saturated heterocycles. The Bertz CT molecular complexity index is 215. The second kappa shape index (κ2) is 6.70. The van der Waals surface area contributed by atoms with E-state index in [2.05, 4.69) is 5.32 Å². The third-order valence-electron chi connectivity index (χ3n) is 2.85. The van der Waals surface area contributed by atoms with E-state index in [0.29, 0.717) is 38.6 Å². The normalized spacial score (nSPS) is 18.6. The third kappa shape index (κ3) is 3.98. The molecule has 16 heavy (non-hydrogen) atoms. The summed E-state index contributed by atoms with van der Waals surface area (Å²) < 4.78 is 5.19. The number of rotatable bonds is 4. The van der Waals surface area contributed by atoms with E-state index in [0.717, 1.165) is 0 Å². The molecule has 2 amide bonds. The number of amides is 2. The van der Waals surface area contributed by atoms with E-state index in [-0.39, 0.29) is 18.7 Å². The van der Waals surface area contributed by atoms with Gasteiger partial charge in [0.2, 0.25) is 0 Å². The van der Waals surface area contributed by atoms with Crippen molar-refractivity contribution in [2.75, 3.05) is 32.9 Å². The summed E-state index contributed by atoms with van der Waals surface area (Å²) in [5.41, 5.74) is 0. The number of hydrogen-bond donors (Lipinski definition) is 2. The average molecular weight is 230 g/mol. The van der Waals surface area contributed by atoms with Gasteiger partial charge in [0.05, 0.1) is 13.2 Å². The summed E-state index contributed by atoms with van der Waals surface area (Å²) in [6, 6.07) is -0.00389. The van der Waals surface area contributed by atoms with Crippen LogP contribution in [-0.4, -0.2) is 55.0 Å². The molecule has 0 aromatic heterocycles. The van der Waals surface area contributed by atoms with Crippen LogP contribution in [0.25, 0.3) is 0 Å². The molecular weight excluding hydrogens is 208 g/mol. The van der Waals surface area contributed by atoms with Gasteiger partial charge >= 0.3 is 6.03 Å². The molecule has 5 nitrogen and oxygen atoms in total. The number of carbonyl (C=O) groups excluding carboxylic acids is 1. The van der Waals surface area contributed by atoms with Gasteiger partial charge in [0, 0.05) is 25.7 Å². The summed E-state index contributed by atoms with van der Waals surface area (Å²) in [6.07, 6.45) is 0.605. The number of morpholine rings is 1. The summed E-state index contributed by atoms with van der Waals surface area (Å²) in [7, 11) is 0. The maximum absolute atomic E-state index is 11.9. The molecule has 94 valence electrons. The minimum absolute atomic E-state index is 0.0420. The van der Waals surface area contributed by atoms with Crippen LogP contribution in [0.3, 0.4) is 0 Å². The summed E-state index contributed by atoms with van der Waals surface area (Å²) >= 11 is 0. The third-order valence-corrected chi connectivity index (χ3v) is 2.85. The van der Waals surface area contributed by atoms with Crippen molar-refractivity contribution in [2.24, 2.45) is 5.92 Å². The Morgan fingerprint density at radius 3 is 2.56 bits per heavy atom. The molecule has 1 fully saturated rings. The van der Waals surface area contributed by atoms with Crippen LogP contribution in [0, 0.1) is 5.92 Å². The molecule has 0 aromatic rings. The molecule has 1 unspecified atom stereocenters. The number of hydrogen-bond acceptors (Lipinski definition) is 3. The van der Waals surface area contributed by atoms with Gasteiger partial charge in [0.25, 0.3) is 0 Å². The van der Waals surface area contributed by atoms with Crippen molar-refractivity contribution in [3.05, 3.63) is 0 Å². The fraction of sp³-hybridized carbons (Fsp3) is 0.909. The molecule has 1 atom stereocenters. The highest BCUT2D eigenvalue weighted by molar-refractivity contribution is 5.74. The SMILES string of the molecule is CC(C)C(CCO)NC(=O)N1CCOCC1. The number of ether oxygens (including phenoxy) is 1. The second-order valence-corrected chi connectivity index (χ2v) is 4.41. The zero-order valence-corrected chi connectivity index (χ0v) is 10.1. The zero-order valence-electron chi connectivity index (χ0n) is 10.1. The highest BCUT2D eigenvalue weighted by Crippen LogP contribution is 2.07. The first-order chi connectivity index (χ1) is 7.65. The van der Waals surface area contributed by atoms with Crippen molar-refractivity contribution in [3.63, 3.8) is 0 Å².